The smallest absolute Gasteiger partial charge is 0.251 e. The number of furan rings is 2. The summed E-state index contributed by atoms with van der Waals surface area (Å²) >= 11 is 0. The minimum absolute atomic E-state index is 0.157. The molecular formula is C29H24N4O3. The lowest BCUT2D eigenvalue weighted by atomic mass is 9.98. The highest BCUT2D eigenvalue weighted by Crippen LogP contribution is 2.43. The van der Waals surface area contributed by atoms with Crippen LogP contribution in [-0.4, -0.2) is 23.0 Å². The van der Waals surface area contributed by atoms with Crippen LogP contribution >= 0.6 is 0 Å². The van der Waals surface area contributed by atoms with Crippen molar-refractivity contribution in [2.45, 2.75) is 20.4 Å². The molecule has 6 aromatic rings. The van der Waals surface area contributed by atoms with Gasteiger partial charge in [-0.1, -0.05) is 6.07 Å². The summed E-state index contributed by atoms with van der Waals surface area (Å²) in [4.78, 5) is 21.6. The summed E-state index contributed by atoms with van der Waals surface area (Å²) in [7, 11) is 1.65. The maximum Gasteiger partial charge on any atom is 0.251 e. The summed E-state index contributed by atoms with van der Waals surface area (Å²) in [5, 5.41) is 6.97. The van der Waals surface area contributed by atoms with E-state index in [4.69, 9.17) is 14.9 Å². The molecule has 0 atom stereocenters. The Morgan fingerprint density at radius 1 is 1.00 bits per heavy atom. The van der Waals surface area contributed by atoms with Gasteiger partial charge in [0.2, 0.25) is 0 Å². The lowest BCUT2D eigenvalue weighted by Crippen LogP contribution is -2.24. The number of nitrogens with zero attached hydrogens (tertiary/aromatic N) is 2. The Kier molecular flexibility index (Phi) is 5.00. The molecule has 0 unspecified atom stereocenters. The van der Waals surface area contributed by atoms with E-state index in [0.29, 0.717) is 17.9 Å². The van der Waals surface area contributed by atoms with Crippen molar-refractivity contribution < 1.29 is 13.9 Å². The van der Waals surface area contributed by atoms with E-state index in [2.05, 4.69) is 27.4 Å². The molecule has 0 spiro atoms. The van der Waals surface area contributed by atoms with Gasteiger partial charge < -0.3 is 20.2 Å². The first-order valence-corrected chi connectivity index (χ1v) is 11.6. The zero-order chi connectivity index (χ0) is 25.0. The fraction of sp³-hybridized carbons (Fsp3) is 0.138. The molecular weight excluding hydrogens is 452 g/mol. The molecule has 2 bridgehead atoms. The molecule has 0 saturated heterocycles. The lowest BCUT2D eigenvalue weighted by Gasteiger charge is -2.12. The number of aryl methyl sites for hydroxylation is 2. The van der Waals surface area contributed by atoms with E-state index in [1.165, 1.54) is 0 Å². The van der Waals surface area contributed by atoms with E-state index in [1.807, 2.05) is 50.2 Å². The molecule has 0 fully saturated rings. The lowest BCUT2D eigenvalue weighted by molar-refractivity contribution is 0.0951. The molecule has 7 nitrogen and oxygen atoms in total. The number of anilines is 1. The van der Waals surface area contributed by atoms with Crippen molar-refractivity contribution >= 4 is 44.4 Å². The Labute approximate surface area is 207 Å². The van der Waals surface area contributed by atoms with E-state index in [-0.39, 0.29) is 5.91 Å². The fourth-order valence-corrected chi connectivity index (χ4v) is 4.98. The maximum atomic E-state index is 13.0. The molecule has 0 aliphatic carbocycles. The van der Waals surface area contributed by atoms with Gasteiger partial charge in [0, 0.05) is 57.3 Å². The minimum atomic E-state index is -0.157. The van der Waals surface area contributed by atoms with Crippen LogP contribution in [0.2, 0.25) is 0 Å². The second-order valence-corrected chi connectivity index (χ2v) is 8.97. The average molecular weight is 477 g/mol. The zero-order valence-electron chi connectivity index (χ0n) is 20.2. The zero-order valence-corrected chi connectivity index (χ0v) is 20.2. The van der Waals surface area contributed by atoms with Crippen molar-refractivity contribution in [1.82, 2.24) is 15.3 Å². The first-order valence-electron chi connectivity index (χ1n) is 11.6. The molecule has 2 aromatic carbocycles. The van der Waals surface area contributed by atoms with Crippen molar-refractivity contribution in [1.29, 1.82) is 0 Å². The quantitative estimate of drug-likeness (QED) is 0.306. The van der Waals surface area contributed by atoms with Crippen LogP contribution in [0.3, 0.4) is 0 Å². The molecule has 4 aromatic heterocycles. The van der Waals surface area contributed by atoms with Gasteiger partial charge in [0.1, 0.15) is 22.7 Å². The first kappa shape index (κ1) is 21.9. The van der Waals surface area contributed by atoms with Gasteiger partial charge in [0.15, 0.2) is 0 Å². The number of amides is 1. The Hall–Kier alpha value is -4.65. The number of aromatic nitrogens is 2. The Morgan fingerprint density at radius 3 is 2.53 bits per heavy atom. The number of benzene rings is 3. The Morgan fingerprint density at radius 2 is 1.75 bits per heavy atom. The van der Waals surface area contributed by atoms with Gasteiger partial charge in [0.05, 0.1) is 7.11 Å². The number of nitrogen functional groups attached to an aromatic ring is 1. The van der Waals surface area contributed by atoms with Crippen molar-refractivity contribution in [3.05, 3.63) is 83.3 Å². The van der Waals surface area contributed by atoms with Crippen LogP contribution in [0.5, 0.6) is 5.75 Å². The third kappa shape index (κ3) is 3.40. The molecule has 178 valence electrons. The maximum absolute atomic E-state index is 13.0. The second-order valence-electron chi connectivity index (χ2n) is 8.97. The highest BCUT2D eigenvalue weighted by Gasteiger charge is 2.20. The van der Waals surface area contributed by atoms with E-state index in [1.54, 1.807) is 19.5 Å². The van der Waals surface area contributed by atoms with Gasteiger partial charge >= 0.3 is 0 Å². The molecule has 0 aliphatic rings. The third-order valence-electron chi connectivity index (χ3n) is 6.80. The van der Waals surface area contributed by atoms with Crippen LogP contribution in [0.1, 0.15) is 27.2 Å². The van der Waals surface area contributed by atoms with Gasteiger partial charge in [-0.25, -0.2) is 4.98 Å². The number of fused-ring (bicyclic) bond motifs is 8. The number of ether oxygens (including phenoxy) is 1. The predicted octanol–water partition coefficient (Wildman–Crippen LogP) is 5.77. The first-order chi connectivity index (χ1) is 17.4. The molecule has 0 aliphatic heterocycles. The van der Waals surface area contributed by atoms with Crippen LogP contribution in [0.4, 0.5) is 5.82 Å². The van der Waals surface area contributed by atoms with Crippen molar-refractivity contribution in [3.8, 4) is 16.9 Å². The molecule has 0 saturated carbocycles. The average Bonchev–Trinajstić information content (AvgIpc) is 3.44. The van der Waals surface area contributed by atoms with Crippen LogP contribution in [0.25, 0.3) is 43.8 Å². The van der Waals surface area contributed by atoms with Crippen molar-refractivity contribution in [2.24, 2.45) is 0 Å². The summed E-state index contributed by atoms with van der Waals surface area (Å²) in [6, 6.07) is 15.5. The number of rotatable bonds is 5. The number of hydrogen-bond acceptors (Lipinski definition) is 6. The van der Waals surface area contributed by atoms with Gasteiger partial charge in [0.25, 0.3) is 5.91 Å². The number of pyridine rings is 2. The number of carbonyl (C=O) groups excluding carboxylic acids is 1. The van der Waals surface area contributed by atoms with Gasteiger partial charge in [-0.3, -0.25) is 9.78 Å². The SMILES string of the molecule is COc1ccncc1-c1ccc2c(c1)c1oc2c2ccc(C(=O)NCc3c(C)cc(N)nc3C)cc21. The van der Waals surface area contributed by atoms with Crippen LogP contribution < -0.4 is 15.8 Å². The van der Waals surface area contributed by atoms with Crippen LogP contribution in [-0.2, 0) is 6.54 Å². The van der Waals surface area contributed by atoms with E-state index in [0.717, 1.165) is 66.4 Å². The summed E-state index contributed by atoms with van der Waals surface area (Å²) < 4.78 is 11.7. The van der Waals surface area contributed by atoms with Gasteiger partial charge in [-0.2, -0.15) is 0 Å². The monoisotopic (exact) mass is 476 g/mol. The fourth-order valence-electron chi connectivity index (χ4n) is 4.98. The molecule has 36 heavy (non-hydrogen) atoms. The number of methoxy groups -OCH3 is 1. The second kappa shape index (κ2) is 8.23. The predicted molar refractivity (Wildman–Crippen MR) is 141 cm³/mol. The summed E-state index contributed by atoms with van der Waals surface area (Å²) in [6.07, 6.45) is 3.50. The highest BCUT2D eigenvalue weighted by molar-refractivity contribution is 6.26. The highest BCUT2D eigenvalue weighted by atomic mass is 16.5. The Balaban J connectivity index is 1.36. The van der Waals surface area contributed by atoms with Crippen LogP contribution in [0.15, 0.2) is 65.3 Å². The minimum Gasteiger partial charge on any atom is -0.496 e. The molecule has 6 rings (SSSR count). The Bertz CT molecular complexity index is 1760. The third-order valence-corrected chi connectivity index (χ3v) is 6.80. The number of nitrogens with one attached hydrogen (secondary N) is 1. The largest absolute Gasteiger partial charge is 0.496 e. The van der Waals surface area contributed by atoms with E-state index >= 15 is 0 Å². The number of carbonyl (C=O) groups is 1. The molecule has 7 heteroatoms. The van der Waals surface area contributed by atoms with Crippen LogP contribution in [0, 0.1) is 13.8 Å². The number of nitrogens with two attached hydrogens (primary N) is 1. The van der Waals surface area contributed by atoms with E-state index in [9.17, 15) is 4.79 Å². The normalized spacial score (nSPS) is 11.5. The molecule has 1 amide bonds. The van der Waals surface area contributed by atoms with Gasteiger partial charge in [-0.05, 0) is 73.0 Å². The molecule has 3 N–H and O–H groups in total. The summed E-state index contributed by atoms with van der Waals surface area (Å²) in [6.45, 7) is 4.25. The summed E-state index contributed by atoms with van der Waals surface area (Å²) in [5.74, 6) is 1.08. The topological polar surface area (TPSA) is 103 Å². The standard InChI is InChI=1S/C29H24N4O3/c1-15-10-26(30)33-16(2)23(15)14-32-29(34)18-5-7-20-22(12-18)28-21-11-17(4-6-19(21)27(20)36-28)24-13-31-9-8-25(24)35-3/h4-13H,14H2,1-3H3,(H2,30,33)(H,32,34). The molecule has 4 heterocycles. The van der Waals surface area contributed by atoms with E-state index < -0.39 is 0 Å². The number of hydrogen-bond donors (Lipinski definition) is 2. The van der Waals surface area contributed by atoms with Crippen molar-refractivity contribution in [2.75, 3.05) is 12.8 Å². The molecule has 0 radical (unpaired) electrons. The van der Waals surface area contributed by atoms with Crippen molar-refractivity contribution in [3.63, 3.8) is 0 Å². The summed E-state index contributed by atoms with van der Waals surface area (Å²) in [5.41, 5.74) is 12.7. The van der Waals surface area contributed by atoms with Gasteiger partial charge in [-0.15, -0.1) is 0 Å².